The third-order valence-corrected chi connectivity index (χ3v) is 8.59. The lowest BCUT2D eigenvalue weighted by Crippen LogP contribution is -2.40. The van der Waals surface area contributed by atoms with Crippen LogP contribution >= 0.6 is 0 Å². The van der Waals surface area contributed by atoms with Crippen molar-refractivity contribution in [2.45, 2.75) is 59.0 Å². The Morgan fingerprint density at radius 1 is 1.04 bits per heavy atom. The van der Waals surface area contributed by atoms with Crippen LogP contribution in [0.25, 0.3) is 22.2 Å². The van der Waals surface area contributed by atoms with Gasteiger partial charge in [-0.3, -0.25) is 14.4 Å². The Bertz CT molecular complexity index is 1850. The van der Waals surface area contributed by atoms with Gasteiger partial charge in [-0.25, -0.2) is 4.98 Å². The van der Waals surface area contributed by atoms with E-state index >= 15 is 0 Å². The third kappa shape index (κ3) is 6.35. The molecule has 0 spiro atoms. The number of fused-ring (bicyclic) bond motifs is 4. The van der Waals surface area contributed by atoms with E-state index in [0.717, 1.165) is 28.0 Å². The number of aryl methyl sites for hydroxylation is 2. The van der Waals surface area contributed by atoms with Crippen LogP contribution in [0.15, 0.2) is 47.3 Å². The van der Waals surface area contributed by atoms with Gasteiger partial charge in [0.05, 0.1) is 44.1 Å². The largest absolute Gasteiger partial charge is 0.493 e. The van der Waals surface area contributed by atoms with Crippen LogP contribution in [-0.2, 0) is 16.0 Å². The summed E-state index contributed by atoms with van der Waals surface area (Å²) >= 11 is 0. The lowest BCUT2D eigenvalue weighted by molar-refractivity contribution is -0.120. The predicted molar refractivity (Wildman–Crippen MR) is 179 cm³/mol. The van der Waals surface area contributed by atoms with Gasteiger partial charge in [-0.15, -0.1) is 0 Å². The monoisotopic (exact) mass is 627 g/mol. The van der Waals surface area contributed by atoms with E-state index in [0.29, 0.717) is 53.3 Å². The van der Waals surface area contributed by atoms with Crippen LogP contribution in [0.3, 0.4) is 0 Å². The number of carbonyl (C=O) groups is 2. The lowest BCUT2D eigenvalue weighted by atomic mass is 9.95. The van der Waals surface area contributed by atoms with Gasteiger partial charge >= 0.3 is 0 Å². The number of aromatic nitrogens is 2. The Morgan fingerprint density at radius 2 is 1.80 bits per heavy atom. The quantitative estimate of drug-likeness (QED) is 0.180. The molecule has 0 saturated heterocycles. The highest BCUT2D eigenvalue weighted by atomic mass is 16.5. The molecule has 1 heterocycles. The van der Waals surface area contributed by atoms with E-state index in [-0.39, 0.29) is 28.8 Å². The maximum absolute atomic E-state index is 13.9. The first-order valence-electron chi connectivity index (χ1n) is 15.4. The molecule has 11 nitrogen and oxygen atoms in total. The first kappa shape index (κ1) is 32.3. The molecule has 2 amide bonds. The summed E-state index contributed by atoms with van der Waals surface area (Å²) in [5.41, 5.74) is 5.24. The second-order valence-corrected chi connectivity index (χ2v) is 11.6. The highest BCUT2D eigenvalue weighted by molar-refractivity contribution is 5.98. The number of ether oxygens (including phenoxy) is 3. The third-order valence-electron chi connectivity index (χ3n) is 8.59. The number of nitrogens with zero attached hydrogens (tertiary/aromatic N) is 1. The van der Waals surface area contributed by atoms with Crippen molar-refractivity contribution in [3.8, 4) is 28.4 Å². The van der Waals surface area contributed by atoms with E-state index in [1.165, 1.54) is 6.92 Å². The average Bonchev–Trinajstić information content (AvgIpc) is 3.25. The number of aromatic amines is 1. The molecule has 0 aliphatic heterocycles. The molecule has 0 fully saturated rings. The van der Waals surface area contributed by atoms with E-state index in [1.807, 2.05) is 51.1 Å². The normalized spacial score (nSPS) is 15.1. The van der Waals surface area contributed by atoms with Crippen LogP contribution in [0.4, 0.5) is 11.4 Å². The summed E-state index contributed by atoms with van der Waals surface area (Å²) in [7, 11) is 4.67. The fourth-order valence-electron chi connectivity index (χ4n) is 6.13. The summed E-state index contributed by atoms with van der Waals surface area (Å²) in [5.74, 6) is 1.62. The van der Waals surface area contributed by atoms with Crippen LogP contribution in [0.2, 0.25) is 0 Å². The van der Waals surface area contributed by atoms with Gasteiger partial charge in [0.2, 0.25) is 23.0 Å². The van der Waals surface area contributed by atoms with Crippen molar-refractivity contribution in [1.82, 2.24) is 15.3 Å². The second kappa shape index (κ2) is 13.5. The zero-order chi connectivity index (χ0) is 33.1. The first-order chi connectivity index (χ1) is 22.1. The van der Waals surface area contributed by atoms with Gasteiger partial charge in [0.15, 0.2) is 11.5 Å². The number of benzene rings is 2. The smallest absolute Gasteiger partial charge is 0.247 e. The number of rotatable bonds is 10. The minimum Gasteiger partial charge on any atom is -0.493 e. The maximum Gasteiger partial charge on any atom is 0.247 e. The predicted octanol–water partition coefficient (Wildman–Crippen LogP) is 5.51. The molecular weight excluding hydrogens is 586 g/mol. The molecule has 0 radical (unpaired) electrons. The summed E-state index contributed by atoms with van der Waals surface area (Å²) in [5, 5.41) is 9.29. The fourth-order valence-corrected chi connectivity index (χ4v) is 6.13. The zero-order valence-corrected chi connectivity index (χ0v) is 27.3. The van der Waals surface area contributed by atoms with Gasteiger partial charge in [-0.2, -0.15) is 0 Å². The molecule has 4 aromatic rings. The molecule has 1 aliphatic rings. The number of nitrogens with one attached hydrogen (secondary N) is 4. The molecule has 0 bridgehead atoms. The van der Waals surface area contributed by atoms with Crippen LogP contribution in [0, 0.1) is 12.8 Å². The van der Waals surface area contributed by atoms with E-state index in [4.69, 9.17) is 14.2 Å². The Hall–Kier alpha value is -5.06. The minimum absolute atomic E-state index is 0.106. The summed E-state index contributed by atoms with van der Waals surface area (Å²) in [6, 6.07) is 11.3. The molecule has 3 atom stereocenters. The first-order valence-corrected chi connectivity index (χ1v) is 15.4. The Labute approximate surface area is 268 Å². The van der Waals surface area contributed by atoms with Gasteiger partial charge in [0, 0.05) is 18.2 Å². The van der Waals surface area contributed by atoms with Crippen LogP contribution < -0.4 is 35.6 Å². The number of hydrogen-bond acceptors (Lipinski definition) is 8. The molecule has 4 N–H and O–H groups in total. The van der Waals surface area contributed by atoms with Crippen LogP contribution in [-0.4, -0.2) is 49.2 Å². The van der Waals surface area contributed by atoms with E-state index in [2.05, 4.69) is 25.9 Å². The minimum atomic E-state index is -0.712. The summed E-state index contributed by atoms with van der Waals surface area (Å²) < 4.78 is 17.2. The fraction of sp³-hybridized carbons (Fsp3) is 0.371. The standard InChI is InChI=1S/C35H41N5O6/c1-8-18(2)32(35(43)39-22-10-13-26-28(16-22)37-19(3)36-26)40-27-14-11-23-24(17-29(27)42)25(38-20(4)41)12-9-21-15-30(44-5)33(45-6)34(46-7)31(21)23/h10-11,13-18,25,32H,8-9,12H2,1-7H3,(H,36,37)(H,38,41)(H,39,43)(H,40,42)/t18-,25+,32+/m1/s1. The van der Waals surface area contributed by atoms with E-state index in [9.17, 15) is 14.4 Å². The average molecular weight is 628 g/mol. The summed E-state index contributed by atoms with van der Waals surface area (Å²) in [4.78, 5) is 47.5. The molecule has 1 aliphatic carbocycles. The molecule has 11 heteroatoms. The number of carbonyl (C=O) groups excluding carboxylic acids is 2. The molecular formula is C35H41N5O6. The van der Waals surface area contributed by atoms with Gasteiger partial charge in [0.25, 0.3) is 0 Å². The number of imidazole rings is 1. The number of hydrogen-bond donors (Lipinski definition) is 4. The van der Waals surface area contributed by atoms with Crippen molar-refractivity contribution in [1.29, 1.82) is 0 Å². The molecule has 0 unspecified atom stereocenters. The SMILES string of the molecule is CC[C@@H](C)[C@H](Nc1ccc2c(cc1=O)[C@@H](NC(C)=O)CCc1cc(OC)c(OC)c(OC)c1-2)C(=O)Nc1ccc2nc(C)[nH]c2c1. The molecule has 3 aromatic carbocycles. The number of H-pyrrole nitrogens is 1. The zero-order valence-electron chi connectivity index (χ0n) is 27.3. The molecule has 0 saturated carbocycles. The van der Waals surface area contributed by atoms with Gasteiger partial charge < -0.3 is 35.1 Å². The van der Waals surface area contributed by atoms with Crippen molar-refractivity contribution in [2.75, 3.05) is 32.0 Å². The van der Waals surface area contributed by atoms with Crippen molar-refractivity contribution in [3.63, 3.8) is 0 Å². The summed E-state index contributed by atoms with van der Waals surface area (Å²) in [6.07, 6.45) is 1.84. The molecule has 46 heavy (non-hydrogen) atoms. The van der Waals surface area contributed by atoms with Crippen molar-refractivity contribution < 1.29 is 23.8 Å². The molecule has 242 valence electrons. The Balaban J connectivity index is 1.59. The Kier molecular flexibility index (Phi) is 9.50. The van der Waals surface area contributed by atoms with Crippen LogP contribution in [0.5, 0.6) is 17.2 Å². The number of methoxy groups -OCH3 is 3. The highest BCUT2D eigenvalue weighted by Crippen LogP contribution is 2.50. The number of anilines is 2. The maximum atomic E-state index is 13.9. The molecule has 5 rings (SSSR count). The molecule has 1 aromatic heterocycles. The Morgan fingerprint density at radius 3 is 2.48 bits per heavy atom. The highest BCUT2D eigenvalue weighted by Gasteiger charge is 2.30. The summed E-state index contributed by atoms with van der Waals surface area (Å²) in [6.45, 7) is 7.30. The lowest BCUT2D eigenvalue weighted by Gasteiger charge is -2.24. The van der Waals surface area contributed by atoms with E-state index < -0.39 is 12.1 Å². The van der Waals surface area contributed by atoms with E-state index in [1.54, 1.807) is 33.5 Å². The number of amides is 2. The van der Waals surface area contributed by atoms with Gasteiger partial charge in [0.1, 0.15) is 11.9 Å². The van der Waals surface area contributed by atoms with Crippen molar-refractivity contribution in [3.05, 3.63) is 69.6 Å². The second-order valence-electron chi connectivity index (χ2n) is 11.6. The van der Waals surface area contributed by atoms with Gasteiger partial charge in [-0.05, 0) is 78.8 Å². The van der Waals surface area contributed by atoms with Gasteiger partial charge in [-0.1, -0.05) is 26.3 Å². The topological polar surface area (TPSA) is 144 Å². The van der Waals surface area contributed by atoms with Crippen LogP contribution in [0.1, 0.15) is 56.6 Å². The van der Waals surface area contributed by atoms with Crippen molar-refractivity contribution >= 4 is 34.2 Å². The van der Waals surface area contributed by atoms with Crippen molar-refractivity contribution in [2.24, 2.45) is 5.92 Å².